The van der Waals surface area contributed by atoms with Crippen LogP contribution in [0.25, 0.3) is 0 Å². The molecule has 0 spiro atoms. The molecule has 2 aromatic rings. The number of alkyl halides is 6. The highest BCUT2D eigenvalue weighted by molar-refractivity contribution is 7.89. The molecular weight excluding hydrogens is 646 g/mol. The molecule has 21 heteroatoms. The minimum atomic E-state index is -5.19. The number of nitrogens with two attached hydrogens (primary N) is 1. The minimum Gasteiger partial charge on any atom is -0.459 e. The third-order valence-electron chi connectivity index (χ3n) is 4.63. The molecule has 1 unspecified atom stereocenters. The van der Waals surface area contributed by atoms with Crippen LogP contribution in [-0.2, 0) is 39.1 Å². The van der Waals surface area contributed by atoms with Crippen LogP contribution in [0.1, 0.15) is 41.0 Å². The monoisotopic (exact) mass is 668 g/mol. The smallest absolute Gasteiger partial charge is 0.459 e. The second-order valence-electron chi connectivity index (χ2n) is 8.30. The van der Waals surface area contributed by atoms with Gasteiger partial charge in [-0.3, -0.25) is 0 Å². The highest BCUT2D eigenvalue weighted by atomic mass is 32.2. The summed E-state index contributed by atoms with van der Waals surface area (Å²) in [6, 6.07) is 7.27. The number of primary sulfonamides is 1. The van der Waals surface area contributed by atoms with Crippen molar-refractivity contribution in [2.75, 3.05) is 6.61 Å². The molecule has 1 saturated heterocycles. The molecule has 3 N–H and O–H groups in total. The summed E-state index contributed by atoms with van der Waals surface area (Å²) >= 11 is 0. The Kier molecular flexibility index (Phi) is 11.5. The summed E-state index contributed by atoms with van der Waals surface area (Å²) in [5.74, 6) is -3.34. The van der Waals surface area contributed by atoms with E-state index in [1.807, 2.05) is 0 Å². The first-order valence-electron chi connectivity index (χ1n) is 11.4. The lowest BCUT2D eigenvalue weighted by Gasteiger charge is -2.26. The lowest BCUT2D eigenvalue weighted by Crippen LogP contribution is -2.33. The molecule has 0 bridgehead atoms. The molecular formula is C22H22F6N2O11S2. The average molecular weight is 669 g/mol. The van der Waals surface area contributed by atoms with E-state index in [2.05, 4.69) is 9.57 Å². The average Bonchev–Trinajstić information content (AvgIpc) is 2.83. The largest absolute Gasteiger partial charge is 0.573 e. The van der Waals surface area contributed by atoms with Crippen LogP contribution >= 0.6 is 0 Å². The fourth-order valence-electron chi connectivity index (χ4n) is 2.94. The maximum absolute atomic E-state index is 12.4. The van der Waals surface area contributed by atoms with Crippen LogP contribution in [0.3, 0.4) is 0 Å². The van der Waals surface area contributed by atoms with Gasteiger partial charge in [0, 0.05) is 6.42 Å². The third-order valence-corrected chi connectivity index (χ3v) is 6.82. The van der Waals surface area contributed by atoms with Crippen molar-refractivity contribution in [2.45, 2.75) is 55.2 Å². The van der Waals surface area contributed by atoms with Gasteiger partial charge in [0.25, 0.3) is 10.0 Å². The van der Waals surface area contributed by atoms with Crippen LogP contribution in [0.2, 0.25) is 0 Å². The van der Waals surface area contributed by atoms with Gasteiger partial charge in [0.2, 0.25) is 16.3 Å². The summed E-state index contributed by atoms with van der Waals surface area (Å²) in [4.78, 5) is 26.2. The van der Waals surface area contributed by atoms with E-state index in [1.165, 1.54) is 12.1 Å². The molecule has 0 saturated carbocycles. The molecule has 1 heterocycles. The molecule has 0 aromatic heterocycles. The first-order valence-corrected chi connectivity index (χ1v) is 14.4. The number of ether oxygens (including phenoxy) is 4. The maximum atomic E-state index is 12.4. The zero-order valence-corrected chi connectivity index (χ0v) is 23.4. The second kappa shape index (κ2) is 13.9. The number of halogens is 6. The quantitative estimate of drug-likeness (QED) is 0.227. The third kappa shape index (κ3) is 11.3. The Morgan fingerprint density at radius 2 is 1.51 bits per heavy atom. The van der Waals surface area contributed by atoms with E-state index in [-0.39, 0.29) is 0 Å². The van der Waals surface area contributed by atoms with Gasteiger partial charge in [-0.25, -0.2) is 31.6 Å². The lowest BCUT2D eigenvalue weighted by molar-refractivity contribution is -0.338. The molecule has 1 fully saturated rings. The Morgan fingerprint density at radius 3 is 2.00 bits per heavy atom. The summed E-state index contributed by atoms with van der Waals surface area (Å²) in [5, 5.41) is 4.90. The zero-order chi connectivity index (χ0) is 32.8. The highest BCUT2D eigenvalue weighted by Gasteiger charge is 2.37. The number of nitrogens with one attached hydrogen (secondary N) is 1. The Morgan fingerprint density at radius 1 is 0.930 bits per heavy atom. The van der Waals surface area contributed by atoms with Gasteiger partial charge in [0.05, 0.1) is 23.2 Å². The molecule has 43 heavy (non-hydrogen) atoms. The number of carbonyl (C=O) groups is 2. The van der Waals surface area contributed by atoms with E-state index in [9.17, 15) is 52.8 Å². The Labute approximate surface area is 239 Å². The number of esters is 2. The summed E-state index contributed by atoms with van der Waals surface area (Å²) in [5.41, 5.74) is -1.33. The van der Waals surface area contributed by atoms with Gasteiger partial charge >= 0.3 is 24.7 Å². The van der Waals surface area contributed by atoms with Gasteiger partial charge in [-0.2, -0.15) is 4.84 Å². The van der Waals surface area contributed by atoms with Gasteiger partial charge < -0.3 is 18.9 Å². The first kappa shape index (κ1) is 35.7. The molecule has 1 aliphatic rings. The molecule has 3 rings (SSSR count). The topological polar surface area (TPSA) is 187 Å². The van der Waals surface area contributed by atoms with Crippen molar-refractivity contribution in [3.63, 3.8) is 0 Å². The number of hydrogen-bond acceptors (Lipinski definition) is 11. The van der Waals surface area contributed by atoms with Crippen LogP contribution in [0.4, 0.5) is 26.3 Å². The van der Waals surface area contributed by atoms with Crippen molar-refractivity contribution in [1.82, 2.24) is 4.89 Å². The van der Waals surface area contributed by atoms with E-state index in [0.29, 0.717) is 13.0 Å². The van der Waals surface area contributed by atoms with Gasteiger partial charge in [-0.15, -0.1) is 26.3 Å². The van der Waals surface area contributed by atoms with Crippen LogP contribution in [0.15, 0.2) is 52.3 Å². The second-order valence-corrected chi connectivity index (χ2v) is 11.4. The minimum absolute atomic E-state index is 0.320. The molecule has 1 aliphatic heterocycles. The van der Waals surface area contributed by atoms with Crippen molar-refractivity contribution in [1.29, 1.82) is 0 Å². The molecule has 240 valence electrons. The normalized spacial score (nSPS) is 15.5. The number of hydrogen-bond donors (Lipinski definition) is 2. The van der Waals surface area contributed by atoms with Gasteiger partial charge in [0.1, 0.15) is 16.2 Å². The van der Waals surface area contributed by atoms with Crippen molar-refractivity contribution in [2.24, 2.45) is 5.14 Å². The Hall–Kier alpha value is -3.50. The number of benzene rings is 2. The van der Waals surface area contributed by atoms with Crippen molar-refractivity contribution >= 4 is 32.0 Å². The molecule has 0 aliphatic carbocycles. The predicted octanol–water partition coefficient (Wildman–Crippen LogP) is 3.12. The molecule has 0 amide bonds. The summed E-state index contributed by atoms with van der Waals surface area (Å²) < 4.78 is 137. The summed E-state index contributed by atoms with van der Waals surface area (Å²) in [6.07, 6.45) is -11.4. The SMILES string of the molecule is CC(C)OC(=O)c1ccccc1S(=O)(=O)NOC(F)(F)F.NS(=O)(=O)c1cccc(OC(F)(F)F)c1C(=O)OC1CCO1. The van der Waals surface area contributed by atoms with Crippen LogP contribution in [-0.4, -0.2) is 60.5 Å². The fourth-order valence-corrected chi connectivity index (χ4v) is 4.67. The van der Waals surface area contributed by atoms with Crippen LogP contribution in [0.5, 0.6) is 5.75 Å². The maximum Gasteiger partial charge on any atom is 0.573 e. The van der Waals surface area contributed by atoms with E-state index < -0.39 is 83.8 Å². The zero-order valence-electron chi connectivity index (χ0n) is 21.8. The molecule has 1 atom stereocenters. The predicted molar refractivity (Wildman–Crippen MR) is 129 cm³/mol. The van der Waals surface area contributed by atoms with Crippen LogP contribution < -0.4 is 14.8 Å². The van der Waals surface area contributed by atoms with Crippen molar-refractivity contribution in [3.05, 3.63) is 53.6 Å². The van der Waals surface area contributed by atoms with E-state index >= 15 is 0 Å². The number of sulfonamides is 2. The molecule has 2 aromatic carbocycles. The summed E-state index contributed by atoms with van der Waals surface area (Å²) in [7, 11) is -9.17. The van der Waals surface area contributed by atoms with Gasteiger partial charge in [-0.05, 0) is 38.1 Å². The van der Waals surface area contributed by atoms with Crippen LogP contribution in [0, 0.1) is 0 Å². The number of rotatable bonds is 9. The van der Waals surface area contributed by atoms with E-state index in [4.69, 9.17) is 19.3 Å². The van der Waals surface area contributed by atoms with Crippen molar-refractivity contribution < 1.29 is 76.6 Å². The first-order chi connectivity index (χ1) is 19.6. The van der Waals surface area contributed by atoms with E-state index in [0.717, 1.165) is 35.2 Å². The Balaban J connectivity index is 0.000000301. The Bertz CT molecular complexity index is 1520. The number of carbonyl (C=O) groups excluding carboxylic acids is 2. The highest BCUT2D eigenvalue weighted by Crippen LogP contribution is 2.32. The fraction of sp³-hybridized carbons (Fsp3) is 0.364. The standard InChI is InChI=1S/C11H10F3NO6S.C11H12F3NO5S/c12-11(13,14)21-6-2-1-3-7(22(15,17)18)9(6)10(16)20-8-4-5-19-8;1-7(2)19-10(16)8-5-3-4-6-9(8)21(17,18)15-20-11(12,13)14/h1-3,8H,4-5H2,(H2,15,17,18);3-7,15H,1-2H3. The molecule has 0 radical (unpaired) electrons. The summed E-state index contributed by atoms with van der Waals surface area (Å²) in [6.45, 7) is 3.40. The van der Waals surface area contributed by atoms with Gasteiger partial charge in [-0.1, -0.05) is 23.1 Å². The van der Waals surface area contributed by atoms with E-state index in [1.54, 1.807) is 13.8 Å². The molecule has 13 nitrogen and oxygen atoms in total. The van der Waals surface area contributed by atoms with Gasteiger partial charge in [0.15, 0.2) is 0 Å². The lowest BCUT2D eigenvalue weighted by atomic mass is 10.2. The van der Waals surface area contributed by atoms with Crippen molar-refractivity contribution in [3.8, 4) is 5.75 Å².